The quantitative estimate of drug-likeness (QED) is 0.618. The summed E-state index contributed by atoms with van der Waals surface area (Å²) in [4.78, 5) is 0. The normalized spacial score (nSPS) is 12.7. The van der Waals surface area contributed by atoms with Crippen molar-refractivity contribution in [2.75, 3.05) is 10.6 Å². The van der Waals surface area contributed by atoms with E-state index in [4.69, 9.17) is 0 Å². The number of rotatable bonds is 2. The van der Waals surface area contributed by atoms with Crippen LogP contribution in [0.15, 0.2) is 36.4 Å². The predicted octanol–water partition coefficient (Wildman–Crippen LogP) is 5.73. The van der Waals surface area contributed by atoms with Gasteiger partial charge in [-0.2, -0.15) is 0 Å². The van der Waals surface area contributed by atoms with Gasteiger partial charge in [-0.1, -0.05) is 45.9 Å². The first-order chi connectivity index (χ1) is 9.58. The highest BCUT2D eigenvalue weighted by molar-refractivity contribution is 5.92. The molecule has 2 nitrogen and oxygen atoms in total. The average Bonchev–Trinajstić information content (AvgIpc) is 2.43. The Labute approximate surface area is 121 Å². The maximum absolute atomic E-state index is 3.62. The van der Waals surface area contributed by atoms with Crippen molar-refractivity contribution in [3.8, 4) is 0 Å². The van der Waals surface area contributed by atoms with Gasteiger partial charge >= 0.3 is 0 Å². The van der Waals surface area contributed by atoms with Crippen molar-refractivity contribution in [2.24, 2.45) is 0 Å². The molecule has 0 radical (unpaired) electrons. The molecule has 1 heterocycles. The summed E-state index contributed by atoms with van der Waals surface area (Å²) in [6, 6.07) is 12.8. The fourth-order valence-corrected chi connectivity index (χ4v) is 2.98. The zero-order valence-electron chi connectivity index (χ0n) is 12.6. The number of hydrogen-bond donors (Lipinski definition) is 2. The second-order valence-corrected chi connectivity index (χ2v) is 6.10. The molecule has 104 valence electrons. The molecule has 0 amide bonds. The van der Waals surface area contributed by atoms with Crippen LogP contribution in [0.3, 0.4) is 0 Å². The highest BCUT2D eigenvalue weighted by Gasteiger charge is 2.21. The van der Waals surface area contributed by atoms with Gasteiger partial charge in [-0.15, -0.1) is 0 Å². The van der Waals surface area contributed by atoms with Crippen LogP contribution in [0.25, 0.3) is 0 Å². The summed E-state index contributed by atoms with van der Waals surface area (Å²) < 4.78 is 0. The van der Waals surface area contributed by atoms with Gasteiger partial charge in [0, 0.05) is 0 Å². The Bertz CT molecular complexity index is 642. The van der Waals surface area contributed by atoms with Crippen molar-refractivity contribution in [1.82, 2.24) is 0 Å². The van der Waals surface area contributed by atoms with Crippen molar-refractivity contribution in [1.29, 1.82) is 0 Å². The maximum atomic E-state index is 3.62. The van der Waals surface area contributed by atoms with Crippen LogP contribution < -0.4 is 10.6 Å². The highest BCUT2D eigenvalue weighted by Crippen LogP contribution is 2.44. The second kappa shape index (κ2) is 4.86. The summed E-state index contributed by atoms with van der Waals surface area (Å²) in [5.41, 5.74) is 7.59. The molecule has 3 rings (SSSR count). The van der Waals surface area contributed by atoms with E-state index in [1.807, 2.05) is 0 Å². The van der Waals surface area contributed by atoms with E-state index in [0.29, 0.717) is 11.8 Å². The molecule has 0 aliphatic carbocycles. The van der Waals surface area contributed by atoms with Crippen molar-refractivity contribution < 1.29 is 0 Å². The third-order valence-electron chi connectivity index (χ3n) is 3.93. The molecular formula is C18H22N2. The molecule has 0 unspecified atom stereocenters. The van der Waals surface area contributed by atoms with Gasteiger partial charge in [0.2, 0.25) is 0 Å². The number of nitrogens with one attached hydrogen (secondary N) is 2. The van der Waals surface area contributed by atoms with Crippen LogP contribution in [0.4, 0.5) is 22.7 Å². The van der Waals surface area contributed by atoms with E-state index in [9.17, 15) is 0 Å². The molecule has 0 saturated carbocycles. The Morgan fingerprint density at radius 3 is 1.95 bits per heavy atom. The first kappa shape index (κ1) is 13.0. The van der Waals surface area contributed by atoms with Crippen molar-refractivity contribution in [3.05, 3.63) is 47.5 Å². The Morgan fingerprint density at radius 2 is 1.35 bits per heavy atom. The van der Waals surface area contributed by atoms with Crippen LogP contribution in [0.1, 0.15) is 50.7 Å². The van der Waals surface area contributed by atoms with Crippen molar-refractivity contribution in [3.63, 3.8) is 0 Å². The molecule has 2 aromatic carbocycles. The lowest BCUT2D eigenvalue weighted by Gasteiger charge is -2.29. The van der Waals surface area contributed by atoms with E-state index >= 15 is 0 Å². The molecule has 0 aromatic heterocycles. The Morgan fingerprint density at radius 1 is 0.700 bits per heavy atom. The number of para-hydroxylation sites is 2. The summed E-state index contributed by atoms with van der Waals surface area (Å²) in [6.07, 6.45) is 0. The van der Waals surface area contributed by atoms with Gasteiger partial charge in [-0.25, -0.2) is 0 Å². The average molecular weight is 266 g/mol. The SMILES string of the molecule is CC(C)c1ccc2c(c1C(C)C)Nc1ccccc1N2. The van der Waals surface area contributed by atoms with Gasteiger partial charge in [0.25, 0.3) is 0 Å². The van der Waals surface area contributed by atoms with Crippen LogP contribution in [0, 0.1) is 0 Å². The minimum atomic E-state index is 0.502. The van der Waals surface area contributed by atoms with Gasteiger partial charge in [-0.05, 0) is 41.2 Å². The summed E-state index contributed by atoms with van der Waals surface area (Å²) in [7, 11) is 0. The van der Waals surface area contributed by atoms with Gasteiger partial charge in [0.05, 0.1) is 22.7 Å². The smallest absolute Gasteiger partial charge is 0.0662 e. The van der Waals surface area contributed by atoms with E-state index in [1.165, 1.54) is 22.5 Å². The van der Waals surface area contributed by atoms with Gasteiger partial charge in [0.1, 0.15) is 0 Å². The highest BCUT2D eigenvalue weighted by atomic mass is 15.0. The molecule has 2 heteroatoms. The lowest BCUT2D eigenvalue weighted by Crippen LogP contribution is -2.11. The van der Waals surface area contributed by atoms with Crippen LogP contribution in [-0.2, 0) is 0 Å². The van der Waals surface area contributed by atoms with Crippen LogP contribution >= 0.6 is 0 Å². The molecule has 1 aliphatic heterocycles. The van der Waals surface area contributed by atoms with Crippen LogP contribution in [0.5, 0.6) is 0 Å². The topological polar surface area (TPSA) is 24.1 Å². The van der Waals surface area contributed by atoms with E-state index in [0.717, 1.165) is 11.4 Å². The molecule has 0 fully saturated rings. The lowest BCUT2D eigenvalue weighted by molar-refractivity contribution is 0.792. The Hall–Kier alpha value is -1.96. The fourth-order valence-electron chi connectivity index (χ4n) is 2.98. The molecule has 0 saturated heterocycles. The monoisotopic (exact) mass is 266 g/mol. The largest absolute Gasteiger partial charge is 0.352 e. The van der Waals surface area contributed by atoms with Gasteiger partial charge in [-0.3, -0.25) is 0 Å². The zero-order chi connectivity index (χ0) is 14.3. The molecule has 0 bridgehead atoms. The summed E-state index contributed by atoms with van der Waals surface area (Å²) >= 11 is 0. The molecule has 2 N–H and O–H groups in total. The summed E-state index contributed by atoms with van der Waals surface area (Å²) in [6.45, 7) is 9.06. The second-order valence-electron chi connectivity index (χ2n) is 6.10. The minimum Gasteiger partial charge on any atom is -0.352 e. The molecule has 2 aromatic rings. The molecule has 0 atom stereocenters. The third kappa shape index (κ3) is 2.05. The molecule has 20 heavy (non-hydrogen) atoms. The molecule has 1 aliphatic rings. The van der Waals surface area contributed by atoms with E-state index in [2.05, 4.69) is 74.7 Å². The van der Waals surface area contributed by atoms with Gasteiger partial charge in [0.15, 0.2) is 0 Å². The summed E-state index contributed by atoms with van der Waals surface area (Å²) in [5.74, 6) is 1.04. The third-order valence-corrected chi connectivity index (χ3v) is 3.93. The van der Waals surface area contributed by atoms with Crippen molar-refractivity contribution >= 4 is 22.7 Å². The predicted molar refractivity (Wildman–Crippen MR) is 87.6 cm³/mol. The lowest BCUT2D eigenvalue weighted by atomic mass is 9.88. The Balaban J connectivity index is 2.16. The fraction of sp³-hybridized carbons (Fsp3) is 0.333. The number of hydrogen-bond acceptors (Lipinski definition) is 2. The number of benzene rings is 2. The van der Waals surface area contributed by atoms with E-state index in [-0.39, 0.29) is 0 Å². The van der Waals surface area contributed by atoms with Crippen molar-refractivity contribution in [2.45, 2.75) is 39.5 Å². The minimum absolute atomic E-state index is 0.502. The first-order valence-electron chi connectivity index (χ1n) is 7.37. The van der Waals surface area contributed by atoms with E-state index < -0.39 is 0 Å². The standard InChI is InChI=1S/C18H22N2/c1-11(2)13-9-10-16-18(17(13)12(3)4)20-15-8-6-5-7-14(15)19-16/h5-12,19-20H,1-4H3. The van der Waals surface area contributed by atoms with Crippen LogP contribution in [-0.4, -0.2) is 0 Å². The first-order valence-corrected chi connectivity index (χ1v) is 7.37. The number of anilines is 4. The molecule has 0 spiro atoms. The molecular weight excluding hydrogens is 244 g/mol. The summed E-state index contributed by atoms with van der Waals surface area (Å²) in [5, 5.41) is 7.16. The van der Waals surface area contributed by atoms with Crippen LogP contribution in [0.2, 0.25) is 0 Å². The maximum Gasteiger partial charge on any atom is 0.0662 e. The Kier molecular flexibility index (Phi) is 3.17. The van der Waals surface area contributed by atoms with E-state index in [1.54, 1.807) is 0 Å². The number of fused-ring (bicyclic) bond motifs is 2. The zero-order valence-corrected chi connectivity index (χ0v) is 12.6. The van der Waals surface area contributed by atoms with Gasteiger partial charge < -0.3 is 10.6 Å².